The summed E-state index contributed by atoms with van der Waals surface area (Å²) in [6.45, 7) is 9.60. The molecule has 0 aromatic heterocycles. The average molecular weight is 231 g/mol. The SMILES string of the molecule is CCCCCOCCOCCNCCCC. The minimum absolute atomic E-state index is 0.724. The predicted octanol–water partition coefficient (Wildman–Crippen LogP) is 2.60. The summed E-state index contributed by atoms with van der Waals surface area (Å²) < 4.78 is 10.9. The number of unbranched alkanes of at least 4 members (excludes halogenated alkanes) is 3. The molecule has 1 N–H and O–H groups in total. The Morgan fingerprint density at radius 2 is 1.38 bits per heavy atom. The van der Waals surface area contributed by atoms with E-state index in [2.05, 4.69) is 19.2 Å². The second-order valence-electron chi connectivity index (χ2n) is 4.04. The van der Waals surface area contributed by atoms with Crippen LogP contribution >= 0.6 is 0 Å². The van der Waals surface area contributed by atoms with Gasteiger partial charge in [0.15, 0.2) is 0 Å². The fourth-order valence-corrected chi connectivity index (χ4v) is 1.35. The first-order valence-electron chi connectivity index (χ1n) is 6.78. The van der Waals surface area contributed by atoms with Gasteiger partial charge in [-0.05, 0) is 19.4 Å². The third-order valence-corrected chi connectivity index (χ3v) is 2.39. The number of rotatable bonds is 13. The third kappa shape index (κ3) is 13.9. The minimum Gasteiger partial charge on any atom is -0.379 e. The van der Waals surface area contributed by atoms with Gasteiger partial charge in [-0.25, -0.2) is 0 Å². The van der Waals surface area contributed by atoms with E-state index in [0.29, 0.717) is 0 Å². The molecule has 0 rings (SSSR count). The Balaban J connectivity index is 2.83. The highest BCUT2D eigenvalue weighted by atomic mass is 16.5. The zero-order valence-corrected chi connectivity index (χ0v) is 11.1. The van der Waals surface area contributed by atoms with Gasteiger partial charge in [-0.15, -0.1) is 0 Å². The van der Waals surface area contributed by atoms with Crippen molar-refractivity contribution in [3.63, 3.8) is 0 Å². The summed E-state index contributed by atoms with van der Waals surface area (Å²) in [4.78, 5) is 0. The highest BCUT2D eigenvalue weighted by Gasteiger charge is 1.91. The zero-order chi connectivity index (χ0) is 11.9. The zero-order valence-electron chi connectivity index (χ0n) is 11.1. The molecule has 3 heteroatoms. The predicted molar refractivity (Wildman–Crippen MR) is 68.9 cm³/mol. The van der Waals surface area contributed by atoms with Crippen LogP contribution < -0.4 is 5.32 Å². The van der Waals surface area contributed by atoms with Crippen molar-refractivity contribution < 1.29 is 9.47 Å². The van der Waals surface area contributed by atoms with E-state index < -0.39 is 0 Å². The van der Waals surface area contributed by atoms with Crippen molar-refractivity contribution in [3.8, 4) is 0 Å². The van der Waals surface area contributed by atoms with E-state index in [1.807, 2.05) is 0 Å². The third-order valence-electron chi connectivity index (χ3n) is 2.39. The molecule has 16 heavy (non-hydrogen) atoms. The van der Waals surface area contributed by atoms with Crippen LogP contribution in [0.5, 0.6) is 0 Å². The topological polar surface area (TPSA) is 30.5 Å². The molecular formula is C13H29NO2. The molecular weight excluding hydrogens is 202 g/mol. The molecule has 0 radical (unpaired) electrons. The summed E-state index contributed by atoms with van der Waals surface area (Å²) in [5.74, 6) is 0. The molecule has 0 aromatic rings. The smallest absolute Gasteiger partial charge is 0.0701 e. The molecule has 0 saturated carbocycles. The Kier molecular flexibility index (Phi) is 14.8. The molecule has 0 fully saturated rings. The standard InChI is InChI=1S/C13H29NO2/c1-3-5-7-10-15-12-13-16-11-9-14-8-6-4-2/h14H,3-13H2,1-2H3. The van der Waals surface area contributed by atoms with Gasteiger partial charge in [-0.3, -0.25) is 0 Å². The molecule has 0 aromatic carbocycles. The quantitative estimate of drug-likeness (QED) is 0.494. The Morgan fingerprint density at radius 1 is 0.688 bits per heavy atom. The van der Waals surface area contributed by atoms with E-state index in [4.69, 9.17) is 9.47 Å². The lowest BCUT2D eigenvalue weighted by atomic mass is 10.3. The van der Waals surface area contributed by atoms with Crippen LogP contribution in [-0.4, -0.2) is 39.5 Å². The Hall–Kier alpha value is -0.120. The molecule has 0 aliphatic heterocycles. The number of hydrogen-bond acceptors (Lipinski definition) is 3. The maximum absolute atomic E-state index is 5.44. The summed E-state index contributed by atoms with van der Waals surface area (Å²) in [5, 5.41) is 3.34. The highest BCUT2D eigenvalue weighted by Crippen LogP contribution is 1.93. The van der Waals surface area contributed by atoms with E-state index >= 15 is 0 Å². The molecule has 0 aliphatic carbocycles. The van der Waals surface area contributed by atoms with Crippen molar-refractivity contribution in [2.24, 2.45) is 0 Å². The first-order chi connectivity index (χ1) is 7.91. The number of nitrogens with one attached hydrogen (secondary N) is 1. The first kappa shape index (κ1) is 15.9. The highest BCUT2D eigenvalue weighted by molar-refractivity contribution is 4.45. The summed E-state index contributed by atoms with van der Waals surface area (Å²) in [6.07, 6.45) is 6.20. The van der Waals surface area contributed by atoms with Crippen LogP contribution in [0.3, 0.4) is 0 Å². The summed E-state index contributed by atoms with van der Waals surface area (Å²) in [7, 11) is 0. The van der Waals surface area contributed by atoms with E-state index in [1.54, 1.807) is 0 Å². The molecule has 0 unspecified atom stereocenters. The van der Waals surface area contributed by atoms with Crippen molar-refractivity contribution in [2.45, 2.75) is 46.0 Å². The first-order valence-corrected chi connectivity index (χ1v) is 6.78. The maximum atomic E-state index is 5.44. The largest absolute Gasteiger partial charge is 0.379 e. The molecule has 0 saturated heterocycles. The van der Waals surface area contributed by atoms with Crippen molar-refractivity contribution in [3.05, 3.63) is 0 Å². The van der Waals surface area contributed by atoms with Gasteiger partial charge >= 0.3 is 0 Å². The minimum atomic E-state index is 0.724. The number of ether oxygens (including phenoxy) is 2. The van der Waals surface area contributed by atoms with E-state index in [9.17, 15) is 0 Å². The van der Waals surface area contributed by atoms with Crippen LogP contribution in [0, 0.1) is 0 Å². The van der Waals surface area contributed by atoms with Crippen molar-refractivity contribution >= 4 is 0 Å². The molecule has 0 bridgehead atoms. The maximum Gasteiger partial charge on any atom is 0.0701 e. The number of hydrogen-bond donors (Lipinski definition) is 1. The second kappa shape index (κ2) is 14.9. The summed E-state index contributed by atoms with van der Waals surface area (Å²) >= 11 is 0. The Morgan fingerprint density at radius 3 is 2.06 bits per heavy atom. The lowest BCUT2D eigenvalue weighted by molar-refractivity contribution is 0.0475. The van der Waals surface area contributed by atoms with Crippen LogP contribution in [0.25, 0.3) is 0 Å². The van der Waals surface area contributed by atoms with Gasteiger partial charge in [0.25, 0.3) is 0 Å². The normalized spacial score (nSPS) is 10.9. The molecule has 3 nitrogen and oxygen atoms in total. The second-order valence-corrected chi connectivity index (χ2v) is 4.04. The molecule has 0 aliphatic rings. The summed E-state index contributed by atoms with van der Waals surface area (Å²) in [5.41, 5.74) is 0. The van der Waals surface area contributed by atoms with Gasteiger partial charge in [0.2, 0.25) is 0 Å². The van der Waals surface area contributed by atoms with Gasteiger partial charge < -0.3 is 14.8 Å². The lowest BCUT2D eigenvalue weighted by Gasteiger charge is -2.06. The van der Waals surface area contributed by atoms with E-state index in [-0.39, 0.29) is 0 Å². The Labute approximate surface area is 101 Å². The van der Waals surface area contributed by atoms with E-state index in [0.717, 1.165) is 39.5 Å². The van der Waals surface area contributed by atoms with Gasteiger partial charge in [0.05, 0.1) is 19.8 Å². The van der Waals surface area contributed by atoms with Crippen molar-refractivity contribution in [1.82, 2.24) is 5.32 Å². The lowest BCUT2D eigenvalue weighted by Crippen LogP contribution is -2.21. The fraction of sp³-hybridized carbons (Fsp3) is 1.00. The Bertz CT molecular complexity index is 107. The van der Waals surface area contributed by atoms with Gasteiger partial charge in [0, 0.05) is 13.2 Å². The van der Waals surface area contributed by atoms with Gasteiger partial charge in [-0.2, -0.15) is 0 Å². The molecule has 0 amide bonds. The average Bonchev–Trinajstić information content (AvgIpc) is 2.31. The van der Waals surface area contributed by atoms with E-state index in [1.165, 1.54) is 32.1 Å². The molecule has 0 spiro atoms. The monoisotopic (exact) mass is 231 g/mol. The van der Waals surface area contributed by atoms with Crippen LogP contribution in [0.2, 0.25) is 0 Å². The van der Waals surface area contributed by atoms with Crippen LogP contribution in [0.15, 0.2) is 0 Å². The van der Waals surface area contributed by atoms with Gasteiger partial charge in [0.1, 0.15) is 0 Å². The molecule has 0 heterocycles. The summed E-state index contributed by atoms with van der Waals surface area (Å²) in [6, 6.07) is 0. The van der Waals surface area contributed by atoms with Crippen molar-refractivity contribution in [2.75, 3.05) is 39.5 Å². The van der Waals surface area contributed by atoms with Crippen LogP contribution in [0.4, 0.5) is 0 Å². The molecule has 0 atom stereocenters. The van der Waals surface area contributed by atoms with Crippen LogP contribution in [-0.2, 0) is 9.47 Å². The van der Waals surface area contributed by atoms with Crippen LogP contribution in [0.1, 0.15) is 46.0 Å². The van der Waals surface area contributed by atoms with Gasteiger partial charge in [-0.1, -0.05) is 33.1 Å². The molecule has 98 valence electrons. The fourth-order valence-electron chi connectivity index (χ4n) is 1.35. The van der Waals surface area contributed by atoms with Crippen molar-refractivity contribution in [1.29, 1.82) is 0 Å².